The van der Waals surface area contributed by atoms with Crippen molar-refractivity contribution in [3.8, 4) is 0 Å². The summed E-state index contributed by atoms with van der Waals surface area (Å²) >= 11 is 0. The highest BCUT2D eigenvalue weighted by atomic mass is 16.3. The van der Waals surface area contributed by atoms with Crippen molar-refractivity contribution in [1.29, 1.82) is 0 Å². The van der Waals surface area contributed by atoms with Gasteiger partial charge in [0.1, 0.15) is 11.5 Å². The highest BCUT2D eigenvalue weighted by Crippen LogP contribution is 2.25. The first kappa shape index (κ1) is 20.0. The summed E-state index contributed by atoms with van der Waals surface area (Å²) in [4.78, 5) is 27.9. The molecule has 1 aliphatic heterocycles. The monoisotopic (exact) mass is 409 g/mol. The van der Waals surface area contributed by atoms with Crippen molar-refractivity contribution in [1.82, 2.24) is 19.9 Å². The number of H-pyrrole nitrogens is 1. The van der Waals surface area contributed by atoms with Gasteiger partial charge in [0.2, 0.25) is 11.9 Å². The number of aliphatic hydroxyl groups excluding tert-OH is 1. The number of nitrogens with zero attached hydrogens (tertiary/aromatic N) is 4. The highest BCUT2D eigenvalue weighted by Gasteiger charge is 2.18. The van der Waals surface area contributed by atoms with Gasteiger partial charge in [-0.15, -0.1) is 0 Å². The first-order valence-electron chi connectivity index (χ1n) is 10.1. The molecule has 158 valence electrons. The third-order valence-corrected chi connectivity index (χ3v) is 5.29. The van der Waals surface area contributed by atoms with E-state index >= 15 is 0 Å². The summed E-state index contributed by atoms with van der Waals surface area (Å²) in [5, 5.41) is 16.7. The predicted molar refractivity (Wildman–Crippen MR) is 118 cm³/mol. The van der Waals surface area contributed by atoms with Crippen LogP contribution in [0.4, 0.5) is 23.1 Å². The number of piperazine rings is 1. The number of carbonyl (C=O) groups is 1. The van der Waals surface area contributed by atoms with Crippen molar-refractivity contribution in [2.24, 2.45) is 0 Å². The lowest BCUT2D eigenvalue weighted by Gasteiger charge is -2.35. The fourth-order valence-corrected chi connectivity index (χ4v) is 3.55. The second-order valence-corrected chi connectivity index (χ2v) is 7.53. The molecule has 2 aromatic heterocycles. The van der Waals surface area contributed by atoms with Crippen LogP contribution < -0.4 is 15.5 Å². The molecule has 0 aliphatic carbocycles. The zero-order valence-electron chi connectivity index (χ0n) is 17.2. The number of anilines is 4. The van der Waals surface area contributed by atoms with Crippen LogP contribution in [-0.4, -0.2) is 69.7 Å². The van der Waals surface area contributed by atoms with E-state index in [-0.39, 0.29) is 18.6 Å². The van der Waals surface area contributed by atoms with Crippen LogP contribution in [0.25, 0.3) is 11.0 Å². The van der Waals surface area contributed by atoms with E-state index in [1.54, 1.807) is 6.92 Å². The molecule has 9 heteroatoms. The number of benzene rings is 1. The number of amides is 1. The molecule has 9 nitrogen and oxygen atoms in total. The number of hydrogen-bond acceptors (Lipinski definition) is 7. The third-order valence-electron chi connectivity index (χ3n) is 5.29. The molecule has 1 saturated heterocycles. The average molecular weight is 409 g/mol. The third kappa shape index (κ3) is 4.30. The van der Waals surface area contributed by atoms with Gasteiger partial charge >= 0.3 is 0 Å². The number of nitrogens with one attached hydrogen (secondary N) is 3. The molecule has 3 aromatic rings. The minimum atomic E-state index is -0.117. The van der Waals surface area contributed by atoms with E-state index < -0.39 is 0 Å². The van der Waals surface area contributed by atoms with Crippen molar-refractivity contribution in [2.75, 3.05) is 48.3 Å². The Hall–Kier alpha value is -3.33. The molecular formula is C21H27N7O2. The van der Waals surface area contributed by atoms with Gasteiger partial charge in [-0.1, -0.05) is 0 Å². The van der Waals surface area contributed by atoms with Crippen LogP contribution >= 0.6 is 0 Å². The lowest BCUT2D eigenvalue weighted by atomic mass is 10.2. The lowest BCUT2D eigenvalue weighted by Crippen LogP contribution is -2.48. The zero-order valence-corrected chi connectivity index (χ0v) is 17.2. The lowest BCUT2D eigenvalue weighted by molar-refractivity contribution is -0.129. The van der Waals surface area contributed by atoms with Crippen LogP contribution in [0, 0.1) is 0 Å². The van der Waals surface area contributed by atoms with Gasteiger partial charge in [0.05, 0.1) is 12.0 Å². The summed E-state index contributed by atoms with van der Waals surface area (Å²) in [5.74, 6) is 1.28. The Balaban J connectivity index is 1.47. The molecule has 1 aromatic carbocycles. The first-order valence-corrected chi connectivity index (χ1v) is 10.1. The minimum Gasteiger partial charge on any atom is -0.394 e. The van der Waals surface area contributed by atoms with Gasteiger partial charge in [-0.25, -0.2) is 0 Å². The number of carbonyl (C=O) groups excluding carboxylic acids is 1. The Bertz CT molecular complexity index is 1010. The Morgan fingerprint density at radius 2 is 1.90 bits per heavy atom. The van der Waals surface area contributed by atoms with Crippen LogP contribution in [0.2, 0.25) is 0 Å². The van der Waals surface area contributed by atoms with Gasteiger partial charge < -0.3 is 30.5 Å². The van der Waals surface area contributed by atoms with Crippen LogP contribution in [0.3, 0.4) is 0 Å². The second kappa shape index (κ2) is 8.58. The van der Waals surface area contributed by atoms with Crippen LogP contribution in [-0.2, 0) is 4.79 Å². The Labute approximate surface area is 175 Å². The van der Waals surface area contributed by atoms with E-state index in [1.807, 2.05) is 36.2 Å². The van der Waals surface area contributed by atoms with Gasteiger partial charge in [0.15, 0.2) is 0 Å². The summed E-state index contributed by atoms with van der Waals surface area (Å²) < 4.78 is 0. The molecule has 4 N–H and O–H groups in total. The molecule has 0 saturated carbocycles. The fourth-order valence-electron chi connectivity index (χ4n) is 3.55. The Morgan fingerprint density at radius 3 is 2.57 bits per heavy atom. The molecule has 1 fully saturated rings. The van der Waals surface area contributed by atoms with Crippen molar-refractivity contribution in [3.63, 3.8) is 0 Å². The quantitative estimate of drug-likeness (QED) is 0.494. The minimum absolute atomic E-state index is 0.0147. The average Bonchev–Trinajstić information content (AvgIpc) is 3.23. The summed E-state index contributed by atoms with van der Waals surface area (Å²) in [7, 11) is 0. The number of rotatable bonds is 6. The highest BCUT2D eigenvalue weighted by molar-refractivity contribution is 5.88. The molecule has 30 heavy (non-hydrogen) atoms. The number of aromatic amines is 1. The van der Waals surface area contributed by atoms with Crippen LogP contribution in [0.15, 0.2) is 36.5 Å². The number of aliphatic hydroxyl groups is 1. The molecule has 0 bridgehead atoms. The number of fused-ring (bicyclic) bond motifs is 1. The topological polar surface area (TPSA) is 109 Å². The Morgan fingerprint density at radius 1 is 1.17 bits per heavy atom. The van der Waals surface area contributed by atoms with Crippen LogP contribution in [0.1, 0.15) is 13.8 Å². The van der Waals surface area contributed by atoms with Gasteiger partial charge in [0.25, 0.3) is 0 Å². The van der Waals surface area contributed by atoms with Crippen molar-refractivity contribution in [3.05, 3.63) is 36.5 Å². The SMILES string of the molecule is CC(=O)N1CCN(c2ccc(Nc3nc(N[C@@H](C)CO)c4cc[nH]c4n3)cc2)CC1. The Kier molecular flexibility index (Phi) is 5.71. The molecular weight excluding hydrogens is 382 g/mol. The van der Waals surface area contributed by atoms with Crippen molar-refractivity contribution >= 4 is 40.1 Å². The first-order chi connectivity index (χ1) is 14.5. The summed E-state index contributed by atoms with van der Waals surface area (Å²) in [5.41, 5.74) is 2.73. The normalized spacial score (nSPS) is 15.3. The molecule has 1 amide bonds. The van der Waals surface area contributed by atoms with Gasteiger partial charge in [-0.3, -0.25) is 4.79 Å². The van der Waals surface area contributed by atoms with Crippen molar-refractivity contribution < 1.29 is 9.90 Å². The fraction of sp³-hybridized carbons (Fsp3) is 0.381. The summed E-state index contributed by atoms with van der Waals surface area (Å²) in [6.45, 7) is 6.69. The van der Waals surface area contributed by atoms with Gasteiger partial charge in [-0.2, -0.15) is 9.97 Å². The standard InChI is InChI=1S/C21H27N7O2/c1-14(13-29)23-20-18-7-8-22-19(18)25-21(26-20)24-16-3-5-17(6-4-16)28-11-9-27(10-12-28)15(2)30/h3-8,14,29H,9-13H2,1-2H3,(H3,22,23,24,25,26)/t14-/m0/s1. The number of hydrogen-bond donors (Lipinski definition) is 4. The van der Waals surface area contributed by atoms with Gasteiger partial charge in [-0.05, 0) is 37.3 Å². The number of aromatic nitrogens is 3. The van der Waals surface area contributed by atoms with E-state index in [0.717, 1.165) is 48.6 Å². The summed E-state index contributed by atoms with van der Waals surface area (Å²) in [6.07, 6.45) is 1.82. The van der Waals surface area contributed by atoms with E-state index in [2.05, 4.69) is 42.6 Å². The maximum atomic E-state index is 11.5. The second-order valence-electron chi connectivity index (χ2n) is 7.53. The predicted octanol–water partition coefficient (Wildman–Crippen LogP) is 2.16. The molecule has 0 unspecified atom stereocenters. The molecule has 0 radical (unpaired) electrons. The molecule has 1 atom stereocenters. The molecule has 3 heterocycles. The maximum Gasteiger partial charge on any atom is 0.231 e. The molecule has 1 aliphatic rings. The summed E-state index contributed by atoms with van der Waals surface area (Å²) in [6, 6.07) is 9.91. The maximum absolute atomic E-state index is 11.5. The van der Waals surface area contributed by atoms with E-state index in [4.69, 9.17) is 0 Å². The molecule has 4 rings (SSSR count). The van der Waals surface area contributed by atoms with Crippen LogP contribution in [0.5, 0.6) is 0 Å². The molecule has 0 spiro atoms. The largest absolute Gasteiger partial charge is 0.394 e. The smallest absolute Gasteiger partial charge is 0.231 e. The van der Waals surface area contributed by atoms with E-state index in [1.165, 1.54) is 0 Å². The van der Waals surface area contributed by atoms with Crippen molar-refractivity contribution in [2.45, 2.75) is 19.9 Å². The van der Waals surface area contributed by atoms with Gasteiger partial charge in [0, 0.05) is 56.7 Å². The van der Waals surface area contributed by atoms with E-state index in [0.29, 0.717) is 11.8 Å². The zero-order chi connectivity index (χ0) is 21.1. The van der Waals surface area contributed by atoms with E-state index in [9.17, 15) is 9.90 Å².